The standard InChI is InChI=1S/C13H24ClN3/c1-9(2)15-7-6-10(3)8-12-13(14)11(4)16-17(12)5/h9-10,15H,6-8H2,1-5H3. The first-order valence-corrected chi connectivity index (χ1v) is 6.71. The third kappa shape index (κ3) is 4.32. The monoisotopic (exact) mass is 257 g/mol. The SMILES string of the molecule is Cc1nn(C)c(CC(C)CCNC(C)C)c1Cl. The van der Waals surface area contributed by atoms with Crippen molar-refractivity contribution in [2.75, 3.05) is 6.54 Å². The summed E-state index contributed by atoms with van der Waals surface area (Å²) in [5.74, 6) is 0.619. The topological polar surface area (TPSA) is 29.9 Å². The van der Waals surface area contributed by atoms with Gasteiger partial charge in [0.15, 0.2) is 0 Å². The van der Waals surface area contributed by atoms with Gasteiger partial charge in [-0.2, -0.15) is 5.10 Å². The Kier molecular flexibility index (Phi) is 5.47. The van der Waals surface area contributed by atoms with Gasteiger partial charge in [0.05, 0.1) is 16.4 Å². The maximum Gasteiger partial charge on any atom is 0.0847 e. The van der Waals surface area contributed by atoms with Crippen LogP contribution in [0, 0.1) is 12.8 Å². The highest BCUT2D eigenvalue weighted by Crippen LogP contribution is 2.23. The van der Waals surface area contributed by atoms with E-state index < -0.39 is 0 Å². The first-order chi connectivity index (χ1) is 7.91. The Labute approximate surface area is 110 Å². The Morgan fingerprint density at radius 3 is 2.47 bits per heavy atom. The Bertz CT molecular complexity index is 358. The fourth-order valence-corrected chi connectivity index (χ4v) is 2.19. The van der Waals surface area contributed by atoms with Gasteiger partial charge in [-0.1, -0.05) is 32.4 Å². The molecule has 0 saturated heterocycles. The quantitative estimate of drug-likeness (QED) is 0.849. The van der Waals surface area contributed by atoms with Crippen LogP contribution in [0.3, 0.4) is 0 Å². The molecule has 1 N–H and O–H groups in total. The highest BCUT2D eigenvalue weighted by Gasteiger charge is 2.14. The molecule has 0 aliphatic rings. The summed E-state index contributed by atoms with van der Waals surface area (Å²) in [7, 11) is 1.97. The lowest BCUT2D eigenvalue weighted by molar-refractivity contribution is 0.466. The van der Waals surface area contributed by atoms with Crippen LogP contribution in [-0.2, 0) is 13.5 Å². The van der Waals surface area contributed by atoms with Crippen molar-refractivity contribution < 1.29 is 0 Å². The van der Waals surface area contributed by atoms with Crippen LogP contribution in [0.15, 0.2) is 0 Å². The average Bonchev–Trinajstić information content (AvgIpc) is 2.44. The molecule has 3 nitrogen and oxygen atoms in total. The van der Waals surface area contributed by atoms with Crippen molar-refractivity contribution in [3.05, 3.63) is 16.4 Å². The van der Waals surface area contributed by atoms with E-state index in [4.69, 9.17) is 11.6 Å². The Hall–Kier alpha value is -0.540. The molecular weight excluding hydrogens is 234 g/mol. The normalized spacial score (nSPS) is 13.4. The maximum atomic E-state index is 6.24. The molecule has 1 aromatic heterocycles. The summed E-state index contributed by atoms with van der Waals surface area (Å²) in [5.41, 5.74) is 2.08. The highest BCUT2D eigenvalue weighted by atomic mass is 35.5. The molecule has 0 aromatic carbocycles. The zero-order chi connectivity index (χ0) is 13.0. The maximum absolute atomic E-state index is 6.24. The fraction of sp³-hybridized carbons (Fsp3) is 0.769. The van der Waals surface area contributed by atoms with Gasteiger partial charge in [-0.05, 0) is 32.2 Å². The number of aryl methyl sites for hydroxylation is 2. The van der Waals surface area contributed by atoms with E-state index in [-0.39, 0.29) is 0 Å². The first-order valence-electron chi connectivity index (χ1n) is 6.33. The molecule has 0 saturated carbocycles. The van der Waals surface area contributed by atoms with Gasteiger partial charge in [-0.25, -0.2) is 0 Å². The lowest BCUT2D eigenvalue weighted by Crippen LogP contribution is -2.25. The van der Waals surface area contributed by atoms with E-state index in [1.165, 1.54) is 6.42 Å². The van der Waals surface area contributed by atoms with Crippen molar-refractivity contribution >= 4 is 11.6 Å². The summed E-state index contributed by atoms with van der Waals surface area (Å²) in [4.78, 5) is 0. The van der Waals surface area contributed by atoms with E-state index >= 15 is 0 Å². The number of hydrogen-bond acceptors (Lipinski definition) is 2. The third-order valence-electron chi connectivity index (χ3n) is 2.99. The highest BCUT2D eigenvalue weighted by molar-refractivity contribution is 6.31. The lowest BCUT2D eigenvalue weighted by atomic mass is 10.0. The molecular formula is C13H24ClN3. The lowest BCUT2D eigenvalue weighted by Gasteiger charge is -2.14. The van der Waals surface area contributed by atoms with E-state index in [2.05, 4.69) is 31.2 Å². The molecule has 1 unspecified atom stereocenters. The Morgan fingerprint density at radius 1 is 1.35 bits per heavy atom. The molecule has 0 radical (unpaired) electrons. The predicted molar refractivity (Wildman–Crippen MR) is 73.6 cm³/mol. The minimum absolute atomic E-state index is 0.560. The minimum Gasteiger partial charge on any atom is -0.315 e. The molecule has 1 atom stereocenters. The summed E-state index contributed by atoms with van der Waals surface area (Å²) < 4.78 is 1.91. The van der Waals surface area contributed by atoms with Crippen molar-refractivity contribution in [2.24, 2.45) is 13.0 Å². The summed E-state index contributed by atoms with van der Waals surface area (Å²) in [6, 6.07) is 0.560. The van der Waals surface area contributed by atoms with Gasteiger partial charge < -0.3 is 5.32 Å². The van der Waals surface area contributed by atoms with Crippen LogP contribution in [0.25, 0.3) is 0 Å². The number of hydrogen-bond donors (Lipinski definition) is 1. The van der Waals surface area contributed by atoms with Crippen LogP contribution < -0.4 is 5.32 Å². The van der Waals surface area contributed by atoms with Crippen molar-refractivity contribution in [1.29, 1.82) is 0 Å². The Morgan fingerprint density at radius 2 is 2.00 bits per heavy atom. The van der Waals surface area contributed by atoms with Gasteiger partial charge >= 0.3 is 0 Å². The molecule has 0 spiro atoms. The summed E-state index contributed by atoms with van der Waals surface area (Å²) >= 11 is 6.24. The van der Waals surface area contributed by atoms with Gasteiger partial charge in [0, 0.05) is 13.1 Å². The number of nitrogens with one attached hydrogen (secondary N) is 1. The number of rotatable bonds is 6. The second-order valence-corrected chi connectivity index (χ2v) is 5.55. The van der Waals surface area contributed by atoms with Crippen LogP contribution in [0.5, 0.6) is 0 Å². The Balaban J connectivity index is 2.47. The van der Waals surface area contributed by atoms with Crippen molar-refractivity contribution in [2.45, 2.75) is 46.6 Å². The zero-order valence-corrected chi connectivity index (χ0v) is 12.3. The second kappa shape index (κ2) is 6.41. The number of aromatic nitrogens is 2. The van der Waals surface area contributed by atoms with Crippen LogP contribution in [0.1, 0.15) is 38.6 Å². The third-order valence-corrected chi connectivity index (χ3v) is 3.48. The van der Waals surface area contributed by atoms with E-state index in [9.17, 15) is 0 Å². The van der Waals surface area contributed by atoms with Crippen LogP contribution in [-0.4, -0.2) is 22.4 Å². The molecule has 98 valence electrons. The van der Waals surface area contributed by atoms with Crippen LogP contribution in [0.2, 0.25) is 5.02 Å². The molecule has 0 amide bonds. The minimum atomic E-state index is 0.560. The molecule has 1 aromatic rings. The average molecular weight is 258 g/mol. The largest absolute Gasteiger partial charge is 0.315 e. The van der Waals surface area contributed by atoms with Gasteiger partial charge in [0.1, 0.15) is 0 Å². The summed E-state index contributed by atoms with van der Waals surface area (Å²) in [5, 5.41) is 8.61. The molecule has 1 heterocycles. The summed E-state index contributed by atoms with van der Waals surface area (Å²) in [6.45, 7) is 9.63. The molecule has 0 aliphatic heterocycles. The van der Waals surface area contributed by atoms with Gasteiger partial charge in [0.2, 0.25) is 0 Å². The van der Waals surface area contributed by atoms with Crippen molar-refractivity contribution in [1.82, 2.24) is 15.1 Å². The van der Waals surface area contributed by atoms with E-state index in [0.29, 0.717) is 12.0 Å². The van der Waals surface area contributed by atoms with E-state index in [1.54, 1.807) is 0 Å². The number of halogens is 1. The van der Waals surface area contributed by atoms with Crippen molar-refractivity contribution in [3.8, 4) is 0 Å². The predicted octanol–water partition coefficient (Wildman–Crippen LogP) is 2.95. The molecule has 4 heteroatoms. The van der Waals surface area contributed by atoms with E-state index in [0.717, 1.165) is 29.4 Å². The molecule has 0 aliphatic carbocycles. The molecule has 0 fully saturated rings. The van der Waals surface area contributed by atoms with Crippen molar-refractivity contribution in [3.63, 3.8) is 0 Å². The molecule has 1 rings (SSSR count). The zero-order valence-electron chi connectivity index (χ0n) is 11.5. The van der Waals surface area contributed by atoms with Gasteiger partial charge in [-0.3, -0.25) is 4.68 Å². The molecule has 17 heavy (non-hydrogen) atoms. The van der Waals surface area contributed by atoms with Gasteiger partial charge in [-0.15, -0.1) is 0 Å². The van der Waals surface area contributed by atoms with E-state index in [1.807, 2.05) is 18.7 Å². The molecule has 0 bridgehead atoms. The van der Waals surface area contributed by atoms with Crippen LogP contribution >= 0.6 is 11.6 Å². The second-order valence-electron chi connectivity index (χ2n) is 5.18. The number of nitrogens with zero attached hydrogens (tertiary/aromatic N) is 2. The first kappa shape index (κ1) is 14.5. The smallest absolute Gasteiger partial charge is 0.0847 e. The fourth-order valence-electron chi connectivity index (χ4n) is 1.95. The summed E-state index contributed by atoms with van der Waals surface area (Å²) in [6.07, 6.45) is 2.16. The van der Waals surface area contributed by atoms with Crippen LogP contribution in [0.4, 0.5) is 0 Å². The van der Waals surface area contributed by atoms with Gasteiger partial charge in [0.25, 0.3) is 0 Å².